The van der Waals surface area contributed by atoms with Crippen LogP contribution < -0.4 is 15.4 Å². The van der Waals surface area contributed by atoms with E-state index >= 15 is 0 Å². The zero-order valence-electron chi connectivity index (χ0n) is 16.4. The molecule has 0 bridgehead atoms. The molecule has 3 aromatic rings. The van der Waals surface area contributed by atoms with Gasteiger partial charge < -0.3 is 10.1 Å². The molecule has 1 amide bonds. The van der Waals surface area contributed by atoms with Gasteiger partial charge in [0.2, 0.25) is 0 Å². The number of alkyl halides is 3. The highest BCUT2D eigenvalue weighted by Gasteiger charge is 2.30. The molecule has 160 valence electrons. The second kappa shape index (κ2) is 9.61. The van der Waals surface area contributed by atoms with Crippen LogP contribution in [0.5, 0.6) is 5.75 Å². The first-order chi connectivity index (χ1) is 14.7. The van der Waals surface area contributed by atoms with Gasteiger partial charge in [-0.15, -0.1) is 0 Å². The maximum Gasteiger partial charge on any atom is 0.416 e. The number of hydrogen-bond donors (Lipinski definition) is 2. The molecular formula is C23H19F3N2O2S. The van der Waals surface area contributed by atoms with E-state index in [2.05, 4.69) is 10.6 Å². The Balaban J connectivity index is 1.59. The Morgan fingerprint density at radius 3 is 2.29 bits per heavy atom. The average molecular weight is 444 g/mol. The van der Waals surface area contributed by atoms with Gasteiger partial charge in [0.25, 0.3) is 5.91 Å². The van der Waals surface area contributed by atoms with Crippen LogP contribution in [-0.2, 0) is 6.18 Å². The molecule has 0 aromatic heterocycles. The number of anilines is 1. The topological polar surface area (TPSA) is 50.4 Å². The van der Waals surface area contributed by atoms with Gasteiger partial charge in [0.15, 0.2) is 5.11 Å². The molecule has 1 unspecified atom stereocenters. The highest BCUT2D eigenvalue weighted by Crippen LogP contribution is 2.29. The van der Waals surface area contributed by atoms with E-state index in [0.717, 1.165) is 29.8 Å². The number of rotatable bonds is 5. The first-order valence-corrected chi connectivity index (χ1v) is 9.74. The van der Waals surface area contributed by atoms with Crippen LogP contribution in [0.3, 0.4) is 0 Å². The Kier molecular flexibility index (Phi) is 6.91. The standard InChI is InChI=1S/C23H19F3N2O2S/c1-15(16-6-3-2-4-7-16)30-20-9-5-8-19(14-20)27-22(31)28-21(29)17-10-12-18(13-11-17)23(24,25)26/h2-15H,1H3,(H2,27,28,29,31). The Bertz CT molecular complexity index is 1050. The number of hydrogen-bond acceptors (Lipinski definition) is 3. The van der Waals surface area contributed by atoms with Crippen LogP contribution in [0, 0.1) is 0 Å². The Labute approximate surface area is 183 Å². The number of halogens is 3. The number of benzene rings is 3. The summed E-state index contributed by atoms with van der Waals surface area (Å²) in [4.78, 5) is 12.2. The summed E-state index contributed by atoms with van der Waals surface area (Å²) in [6.07, 6.45) is -4.63. The van der Waals surface area contributed by atoms with Crippen molar-refractivity contribution in [3.8, 4) is 5.75 Å². The van der Waals surface area contributed by atoms with Crippen molar-refractivity contribution in [1.29, 1.82) is 0 Å². The van der Waals surface area contributed by atoms with Crippen LogP contribution >= 0.6 is 12.2 Å². The van der Waals surface area contributed by atoms with Crippen molar-refractivity contribution >= 4 is 28.9 Å². The Morgan fingerprint density at radius 1 is 0.968 bits per heavy atom. The molecule has 0 saturated heterocycles. The smallest absolute Gasteiger partial charge is 0.416 e. The SMILES string of the molecule is CC(Oc1cccc(NC(=S)NC(=O)c2ccc(C(F)(F)F)cc2)c1)c1ccccc1. The van der Waals surface area contributed by atoms with Gasteiger partial charge >= 0.3 is 6.18 Å². The second-order valence-corrected chi connectivity index (χ2v) is 7.09. The van der Waals surface area contributed by atoms with Gasteiger partial charge in [0.1, 0.15) is 11.9 Å². The molecule has 3 rings (SSSR count). The highest BCUT2D eigenvalue weighted by atomic mass is 32.1. The van der Waals surface area contributed by atoms with Gasteiger partial charge in [-0.05, 0) is 61.1 Å². The molecule has 0 aliphatic heterocycles. The number of nitrogens with one attached hydrogen (secondary N) is 2. The summed E-state index contributed by atoms with van der Waals surface area (Å²) in [6, 6.07) is 20.7. The van der Waals surface area contributed by atoms with Crippen molar-refractivity contribution in [3.63, 3.8) is 0 Å². The maximum absolute atomic E-state index is 12.6. The Hall–Kier alpha value is -3.39. The lowest BCUT2D eigenvalue weighted by Crippen LogP contribution is -2.34. The number of ether oxygens (including phenoxy) is 1. The minimum absolute atomic E-state index is 0.0122. The number of thiocarbonyl (C=S) groups is 1. The predicted octanol–water partition coefficient (Wildman–Crippen LogP) is 5.97. The Morgan fingerprint density at radius 2 is 1.65 bits per heavy atom. The predicted molar refractivity (Wildman–Crippen MR) is 117 cm³/mol. The van der Waals surface area contributed by atoms with Gasteiger partial charge in [-0.2, -0.15) is 13.2 Å². The quantitative estimate of drug-likeness (QED) is 0.476. The molecule has 0 fully saturated rings. The van der Waals surface area contributed by atoms with Crippen LogP contribution in [0.2, 0.25) is 0 Å². The maximum atomic E-state index is 12.6. The summed E-state index contributed by atoms with van der Waals surface area (Å²) in [7, 11) is 0. The summed E-state index contributed by atoms with van der Waals surface area (Å²) in [6.45, 7) is 1.93. The van der Waals surface area contributed by atoms with Crippen LogP contribution in [0.15, 0.2) is 78.9 Å². The molecule has 0 spiro atoms. The normalized spacial score (nSPS) is 12.0. The number of amides is 1. The van der Waals surface area contributed by atoms with E-state index in [0.29, 0.717) is 11.4 Å². The van der Waals surface area contributed by atoms with Gasteiger partial charge in [-0.25, -0.2) is 0 Å². The summed E-state index contributed by atoms with van der Waals surface area (Å²) < 4.78 is 43.9. The molecule has 0 aliphatic carbocycles. The van der Waals surface area contributed by atoms with Crippen molar-refractivity contribution in [2.75, 3.05) is 5.32 Å². The van der Waals surface area contributed by atoms with Crippen molar-refractivity contribution in [2.24, 2.45) is 0 Å². The summed E-state index contributed by atoms with van der Waals surface area (Å²) in [5, 5.41) is 5.33. The summed E-state index contributed by atoms with van der Waals surface area (Å²) in [5.74, 6) is -0.00505. The van der Waals surface area contributed by atoms with E-state index in [1.54, 1.807) is 24.3 Å². The summed E-state index contributed by atoms with van der Waals surface area (Å²) in [5.41, 5.74) is 0.855. The van der Waals surface area contributed by atoms with Crippen LogP contribution in [0.4, 0.5) is 18.9 Å². The van der Waals surface area contributed by atoms with Crippen molar-refractivity contribution in [1.82, 2.24) is 5.32 Å². The molecule has 0 radical (unpaired) electrons. The number of carbonyl (C=O) groups is 1. The lowest BCUT2D eigenvalue weighted by molar-refractivity contribution is -0.137. The first kappa shape index (κ1) is 22.3. The fourth-order valence-corrected chi connectivity index (χ4v) is 3.00. The lowest BCUT2D eigenvalue weighted by Gasteiger charge is -2.16. The summed E-state index contributed by atoms with van der Waals surface area (Å²) >= 11 is 5.14. The van der Waals surface area contributed by atoms with Crippen LogP contribution in [0.1, 0.15) is 34.5 Å². The zero-order valence-corrected chi connectivity index (χ0v) is 17.3. The largest absolute Gasteiger partial charge is 0.486 e. The molecular weight excluding hydrogens is 425 g/mol. The third kappa shape index (κ3) is 6.29. The van der Waals surface area contributed by atoms with Gasteiger partial charge in [0.05, 0.1) is 5.56 Å². The molecule has 4 nitrogen and oxygen atoms in total. The van der Waals surface area contributed by atoms with Crippen molar-refractivity contribution < 1.29 is 22.7 Å². The molecule has 2 N–H and O–H groups in total. The molecule has 31 heavy (non-hydrogen) atoms. The second-order valence-electron chi connectivity index (χ2n) is 6.68. The zero-order chi connectivity index (χ0) is 22.4. The third-order valence-corrected chi connectivity index (χ3v) is 4.58. The van der Waals surface area contributed by atoms with E-state index in [9.17, 15) is 18.0 Å². The van der Waals surface area contributed by atoms with E-state index in [1.807, 2.05) is 37.3 Å². The number of carbonyl (C=O) groups excluding carboxylic acids is 1. The minimum Gasteiger partial charge on any atom is -0.486 e. The fraction of sp³-hybridized carbons (Fsp3) is 0.130. The molecule has 1 atom stereocenters. The average Bonchev–Trinajstić information content (AvgIpc) is 2.74. The molecule has 3 aromatic carbocycles. The van der Waals surface area contributed by atoms with Gasteiger partial charge in [0, 0.05) is 17.3 Å². The van der Waals surface area contributed by atoms with Crippen molar-refractivity contribution in [3.05, 3.63) is 95.6 Å². The van der Waals surface area contributed by atoms with Crippen LogP contribution in [0.25, 0.3) is 0 Å². The molecule has 0 aliphatic rings. The molecule has 8 heteroatoms. The van der Waals surface area contributed by atoms with Gasteiger partial charge in [-0.3, -0.25) is 10.1 Å². The molecule has 0 heterocycles. The third-order valence-electron chi connectivity index (χ3n) is 4.38. The van der Waals surface area contributed by atoms with E-state index < -0.39 is 17.6 Å². The lowest BCUT2D eigenvalue weighted by atomic mass is 10.1. The monoisotopic (exact) mass is 444 g/mol. The fourth-order valence-electron chi connectivity index (χ4n) is 2.79. The van der Waals surface area contributed by atoms with Crippen LogP contribution in [-0.4, -0.2) is 11.0 Å². The minimum atomic E-state index is -4.46. The first-order valence-electron chi connectivity index (χ1n) is 9.33. The van der Waals surface area contributed by atoms with E-state index in [-0.39, 0.29) is 16.8 Å². The van der Waals surface area contributed by atoms with E-state index in [4.69, 9.17) is 17.0 Å². The van der Waals surface area contributed by atoms with Gasteiger partial charge in [-0.1, -0.05) is 36.4 Å². The highest BCUT2D eigenvalue weighted by molar-refractivity contribution is 7.80. The van der Waals surface area contributed by atoms with E-state index in [1.165, 1.54) is 0 Å². The van der Waals surface area contributed by atoms with Crippen molar-refractivity contribution in [2.45, 2.75) is 19.2 Å². The molecule has 0 saturated carbocycles.